The molecule has 0 aromatic heterocycles. The quantitative estimate of drug-likeness (QED) is 0.689. The van der Waals surface area contributed by atoms with E-state index < -0.39 is 0 Å². The lowest BCUT2D eigenvalue weighted by Crippen LogP contribution is -2.58. The van der Waals surface area contributed by atoms with Crippen molar-refractivity contribution in [1.29, 1.82) is 0 Å². The van der Waals surface area contributed by atoms with Crippen molar-refractivity contribution in [2.24, 2.45) is 0 Å². The van der Waals surface area contributed by atoms with Crippen molar-refractivity contribution in [3.8, 4) is 0 Å². The van der Waals surface area contributed by atoms with Gasteiger partial charge in [0.25, 0.3) is 0 Å². The summed E-state index contributed by atoms with van der Waals surface area (Å²) in [6.07, 6.45) is 2.13. The molecule has 7 nitrogen and oxygen atoms in total. The molecule has 1 aromatic carbocycles. The highest BCUT2D eigenvalue weighted by Gasteiger charge is 2.36. The van der Waals surface area contributed by atoms with Crippen LogP contribution in [0, 0.1) is 0 Å². The van der Waals surface area contributed by atoms with Crippen molar-refractivity contribution in [2.75, 3.05) is 40.0 Å². The summed E-state index contributed by atoms with van der Waals surface area (Å²) in [5, 5.41) is 5.97. The van der Waals surface area contributed by atoms with Gasteiger partial charge < -0.3 is 25.0 Å². The van der Waals surface area contributed by atoms with Gasteiger partial charge in [-0.3, -0.25) is 4.79 Å². The van der Waals surface area contributed by atoms with Crippen LogP contribution in [0.4, 0.5) is 4.79 Å². The Hall–Kier alpha value is -2.12. The highest BCUT2D eigenvalue weighted by atomic mass is 16.5. The molecule has 3 amide bonds. The number of rotatable bonds is 9. The molecule has 1 heterocycles. The first kappa shape index (κ1) is 21.2. The second-order valence-electron chi connectivity index (χ2n) is 6.87. The smallest absolute Gasteiger partial charge is 0.317 e. The third kappa shape index (κ3) is 6.84. The van der Waals surface area contributed by atoms with Crippen LogP contribution >= 0.6 is 0 Å². The van der Waals surface area contributed by atoms with Gasteiger partial charge in [-0.1, -0.05) is 30.3 Å². The molecule has 0 unspecified atom stereocenters. The molecule has 0 spiro atoms. The number of carbonyl (C=O) groups excluding carboxylic acids is 2. The zero-order valence-electron chi connectivity index (χ0n) is 16.3. The molecule has 7 heteroatoms. The van der Waals surface area contributed by atoms with E-state index in [1.165, 1.54) is 0 Å². The Kier molecular flexibility index (Phi) is 8.54. The number of nitrogens with one attached hydrogen (secondary N) is 2. The molecule has 0 atom stereocenters. The molecular formula is C20H31N3O4. The average Bonchev–Trinajstić information content (AvgIpc) is 2.68. The maximum atomic E-state index is 12.4. The second-order valence-corrected chi connectivity index (χ2v) is 6.87. The Bertz CT molecular complexity index is 586. The predicted molar refractivity (Wildman–Crippen MR) is 103 cm³/mol. The number of carbonyl (C=O) groups is 2. The molecule has 1 aliphatic heterocycles. The third-order valence-electron chi connectivity index (χ3n) is 4.87. The topological polar surface area (TPSA) is 79.9 Å². The largest absolute Gasteiger partial charge is 0.385 e. The lowest BCUT2D eigenvalue weighted by Gasteiger charge is -2.42. The van der Waals surface area contributed by atoms with Crippen molar-refractivity contribution in [3.63, 3.8) is 0 Å². The molecule has 2 rings (SSSR count). The maximum Gasteiger partial charge on any atom is 0.317 e. The van der Waals surface area contributed by atoms with E-state index in [2.05, 4.69) is 10.6 Å². The third-order valence-corrected chi connectivity index (χ3v) is 4.87. The number of piperidine rings is 1. The fraction of sp³-hybridized carbons (Fsp3) is 0.600. The van der Waals surface area contributed by atoms with E-state index in [4.69, 9.17) is 9.47 Å². The zero-order chi connectivity index (χ0) is 19.5. The number of urea groups is 1. The van der Waals surface area contributed by atoms with Gasteiger partial charge in [0, 0.05) is 38.9 Å². The molecule has 1 fully saturated rings. The van der Waals surface area contributed by atoms with Crippen LogP contribution in [0.25, 0.3) is 0 Å². The number of amides is 3. The summed E-state index contributed by atoms with van der Waals surface area (Å²) in [6, 6.07) is 9.73. The highest BCUT2D eigenvalue weighted by molar-refractivity contribution is 5.78. The first-order chi connectivity index (χ1) is 13.1. The van der Waals surface area contributed by atoms with Crippen molar-refractivity contribution in [3.05, 3.63) is 35.9 Å². The van der Waals surface area contributed by atoms with Gasteiger partial charge in [-0.2, -0.15) is 0 Å². The number of hydrogen-bond acceptors (Lipinski definition) is 4. The van der Waals surface area contributed by atoms with Crippen LogP contribution < -0.4 is 10.6 Å². The fourth-order valence-electron chi connectivity index (χ4n) is 3.30. The van der Waals surface area contributed by atoms with E-state index in [-0.39, 0.29) is 24.1 Å². The summed E-state index contributed by atoms with van der Waals surface area (Å²) in [4.78, 5) is 26.2. The molecule has 0 aliphatic carbocycles. The van der Waals surface area contributed by atoms with Crippen molar-refractivity contribution in [1.82, 2.24) is 15.5 Å². The van der Waals surface area contributed by atoms with E-state index in [9.17, 15) is 9.59 Å². The summed E-state index contributed by atoms with van der Waals surface area (Å²) < 4.78 is 10.8. The summed E-state index contributed by atoms with van der Waals surface area (Å²) in [5.41, 5.74) is 0.682. The Labute approximate surface area is 161 Å². The van der Waals surface area contributed by atoms with Crippen LogP contribution in [0.5, 0.6) is 0 Å². The van der Waals surface area contributed by atoms with Crippen LogP contribution in [0.2, 0.25) is 0 Å². The molecule has 0 saturated carbocycles. The SMILES string of the molecule is CCNC(=O)N1CCC(CCOC)(NC(=O)COCc2ccccc2)CC1. The number of ether oxygens (including phenoxy) is 2. The molecule has 1 aliphatic rings. The Balaban J connectivity index is 1.84. The summed E-state index contributed by atoms with van der Waals surface area (Å²) in [5.74, 6) is -0.131. The minimum absolute atomic E-state index is 0.0175. The monoisotopic (exact) mass is 377 g/mol. The van der Waals surface area contributed by atoms with E-state index in [0.29, 0.717) is 45.7 Å². The van der Waals surface area contributed by atoms with Crippen molar-refractivity contribution >= 4 is 11.9 Å². The van der Waals surface area contributed by atoms with Gasteiger partial charge in [-0.15, -0.1) is 0 Å². The first-order valence-corrected chi connectivity index (χ1v) is 9.53. The standard InChI is InChI=1S/C20H31N3O4/c1-3-21-19(25)23-12-9-20(10-13-23,11-14-26-2)22-18(24)16-27-15-17-7-5-4-6-8-17/h4-8H,3,9-16H2,1-2H3,(H,21,25)(H,22,24). The molecule has 1 aromatic rings. The van der Waals surface area contributed by atoms with Gasteiger partial charge in [0.1, 0.15) is 6.61 Å². The first-order valence-electron chi connectivity index (χ1n) is 9.53. The number of benzene rings is 1. The van der Waals surface area contributed by atoms with Gasteiger partial charge in [0.2, 0.25) is 5.91 Å². The number of methoxy groups -OCH3 is 1. The molecule has 0 bridgehead atoms. The summed E-state index contributed by atoms with van der Waals surface area (Å²) in [6.45, 7) is 4.72. The second kappa shape index (κ2) is 10.9. The van der Waals surface area contributed by atoms with Crippen LogP contribution in [-0.4, -0.2) is 62.3 Å². The van der Waals surface area contributed by atoms with E-state index in [0.717, 1.165) is 12.0 Å². The zero-order valence-corrected chi connectivity index (χ0v) is 16.3. The number of nitrogens with zero attached hydrogens (tertiary/aromatic N) is 1. The van der Waals surface area contributed by atoms with Crippen molar-refractivity contribution in [2.45, 2.75) is 38.3 Å². The van der Waals surface area contributed by atoms with Crippen LogP contribution in [0.3, 0.4) is 0 Å². The van der Waals surface area contributed by atoms with Crippen molar-refractivity contribution < 1.29 is 19.1 Å². The predicted octanol–water partition coefficient (Wildman–Crippen LogP) is 1.92. The Morgan fingerprint density at radius 2 is 1.89 bits per heavy atom. The summed E-state index contributed by atoms with van der Waals surface area (Å²) in [7, 11) is 1.66. The molecule has 0 radical (unpaired) electrons. The fourth-order valence-corrected chi connectivity index (χ4v) is 3.30. The van der Waals surface area contributed by atoms with Gasteiger partial charge >= 0.3 is 6.03 Å². The summed E-state index contributed by atoms with van der Waals surface area (Å²) >= 11 is 0. The lowest BCUT2D eigenvalue weighted by atomic mass is 9.84. The number of likely N-dealkylation sites (tertiary alicyclic amines) is 1. The minimum atomic E-state index is -0.355. The van der Waals surface area contributed by atoms with Crippen LogP contribution in [0.1, 0.15) is 31.7 Å². The van der Waals surface area contributed by atoms with Crippen LogP contribution in [0.15, 0.2) is 30.3 Å². The molecule has 150 valence electrons. The Morgan fingerprint density at radius 1 is 1.19 bits per heavy atom. The lowest BCUT2D eigenvalue weighted by molar-refractivity contribution is -0.129. The molecule has 2 N–H and O–H groups in total. The van der Waals surface area contributed by atoms with E-state index in [1.807, 2.05) is 37.3 Å². The van der Waals surface area contributed by atoms with E-state index >= 15 is 0 Å². The van der Waals surface area contributed by atoms with Gasteiger partial charge in [0.05, 0.1) is 6.61 Å². The number of hydrogen-bond donors (Lipinski definition) is 2. The maximum absolute atomic E-state index is 12.4. The normalized spacial score (nSPS) is 16.0. The van der Waals surface area contributed by atoms with Gasteiger partial charge in [-0.05, 0) is 31.7 Å². The Morgan fingerprint density at radius 3 is 2.52 bits per heavy atom. The average molecular weight is 377 g/mol. The van der Waals surface area contributed by atoms with Crippen LogP contribution in [-0.2, 0) is 20.9 Å². The molecule has 1 saturated heterocycles. The minimum Gasteiger partial charge on any atom is -0.385 e. The van der Waals surface area contributed by atoms with E-state index in [1.54, 1.807) is 12.0 Å². The molecular weight excluding hydrogens is 346 g/mol. The molecule has 27 heavy (non-hydrogen) atoms. The van der Waals surface area contributed by atoms with Gasteiger partial charge in [-0.25, -0.2) is 4.79 Å². The highest BCUT2D eigenvalue weighted by Crippen LogP contribution is 2.26. The van der Waals surface area contributed by atoms with Gasteiger partial charge in [0.15, 0.2) is 0 Å².